The molecular weight excluding hydrogens is 609 g/mol. The Morgan fingerprint density at radius 1 is 0.340 bits per heavy atom. The van der Waals surface area contributed by atoms with Crippen molar-refractivity contribution < 1.29 is 0 Å². The highest BCUT2D eigenvalue weighted by Crippen LogP contribution is 2.48. The summed E-state index contributed by atoms with van der Waals surface area (Å²) in [5.41, 5.74) is 16.8. The Morgan fingerprint density at radius 3 is 1.62 bits per heavy atom. The summed E-state index contributed by atoms with van der Waals surface area (Å²) in [5.74, 6) is 0. The van der Waals surface area contributed by atoms with Gasteiger partial charge in [0.15, 0.2) is 0 Å². The monoisotopic (exact) mass is 636 g/mol. The van der Waals surface area contributed by atoms with E-state index in [0.29, 0.717) is 0 Å². The number of hydrogen-bond donors (Lipinski definition) is 0. The molecule has 2 heterocycles. The van der Waals surface area contributed by atoms with Crippen molar-refractivity contribution in [3.8, 4) is 78.1 Å². The molecule has 0 unspecified atom stereocenters. The van der Waals surface area contributed by atoms with E-state index in [4.69, 9.17) is 15.2 Å². The average molecular weight is 637 g/mol. The molecule has 232 valence electrons. The second-order valence-corrected chi connectivity index (χ2v) is 12.7. The van der Waals surface area contributed by atoms with Crippen LogP contribution in [0.4, 0.5) is 5.69 Å². The van der Waals surface area contributed by atoms with Gasteiger partial charge in [-0.2, -0.15) is 0 Å². The third-order valence-corrected chi connectivity index (χ3v) is 9.88. The first-order valence-electron chi connectivity index (χ1n) is 16.8. The first-order valence-corrected chi connectivity index (χ1v) is 16.8. The van der Waals surface area contributed by atoms with E-state index < -0.39 is 0 Å². The number of fused-ring (bicyclic) bond motifs is 7. The van der Waals surface area contributed by atoms with Crippen LogP contribution in [0.1, 0.15) is 5.56 Å². The SMILES string of the molecule is C1=c2c(ccc3c2=Nc2ccccc2-3)-c2ccc(-c3ccccc3)c(-c3nnnc(-c4ccccc4)c3-c3ccccc3-c3ccccc3)c21. The van der Waals surface area contributed by atoms with Crippen LogP contribution in [-0.4, -0.2) is 15.4 Å². The lowest BCUT2D eigenvalue weighted by molar-refractivity contribution is 0.879. The van der Waals surface area contributed by atoms with Gasteiger partial charge in [-0.15, -0.1) is 10.2 Å². The van der Waals surface area contributed by atoms with E-state index in [1.54, 1.807) is 0 Å². The fourth-order valence-corrected chi connectivity index (χ4v) is 7.63. The van der Waals surface area contributed by atoms with Crippen LogP contribution in [0, 0.1) is 0 Å². The second-order valence-electron chi connectivity index (χ2n) is 12.7. The zero-order chi connectivity index (χ0) is 33.0. The molecule has 7 aromatic carbocycles. The maximum absolute atomic E-state index is 5.15. The summed E-state index contributed by atoms with van der Waals surface area (Å²) in [4.78, 5) is 5.15. The van der Waals surface area contributed by atoms with Crippen LogP contribution in [0.3, 0.4) is 0 Å². The van der Waals surface area contributed by atoms with E-state index in [9.17, 15) is 0 Å². The number of rotatable bonds is 5. The number of para-hydroxylation sites is 1. The van der Waals surface area contributed by atoms with Crippen molar-refractivity contribution in [1.82, 2.24) is 15.4 Å². The Labute approximate surface area is 289 Å². The van der Waals surface area contributed by atoms with E-state index in [1.165, 1.54) is 16.7 Å². The molecule has 8 aromatic rings. The summed E-state index contributed by atoms with van der Waals surface area (Å²) >= 11 is 0. The molecule has 0 N–H and O–H groups in total. The average Bonchev–Trinajstić information content (AvgIpc) is 3.77. The van der Waals surface area contributed by atoms with Crippen molar-refractivity contribution in [2.24, 2.45) is 4.99 Å². The third-order valence-electron chi connectivity index (χ3n) is 9.88. The molecule has 0 radical (unpaired) electrons. The minimum Gasteiger partial charge on any atom is -0.247 e. The van der Waals surface area contributed by atoms with E-state index in [1.807, 2.05) is 18.2 Å². The minimum atomic E-state index is 0.789. The van der Waals surface area contributed by atoms with Gasteiger partial charge >= 0.3 is 0 Å². The number of benzene rings is 7. The van der Waals surface area contributed by atoms with Gasteiger partial charge in [0, 0.05) is 33.0 Å². The molecule has 0 bridgehead atoms. The van der Waals surface area contributed by atoms with Gasteiger partial charge in [0.05, 0.1) is 11.0 Å². The van der Waals surface area contributed by atoms with Crippen LogP contribution < -0.4 is 10.6 Å². The second kappa shape index (κ2) is 11.4. The molecule has 0 amide bonds. The number of nitrogens with zero attached hydrogens (tertiary/aromatic N) is 4. The zero-order valence-corrected chi connectivity index (χ0v) is 27.0. The van der Waals surface area contributed by atoms with Crippen LogP contribution in [0.2, 0.25) is 0 Å². The lowest BCUT2D eigenvalue weighted by atomic mass is 9.84. The largest absolute Gasteiger partial charge is 0.247 e. The van der Waals surface area contributed by atoms with Crippen LogP contribution in [0.15, 0.2) is 169 Å². The lowest BCUT2D eigenvalue weighted by Gasteiger charge is -2.20. The van der Waals surface area contributed by atoms with E-state index in [0.717, 1.165) is 83.3 Å². The van der Waals surface area contributed by atoms with E-state index >= 15 is 0 Å². The van der Waals surface area contributed by atoms with Gasteiger partial charge in [-0.3, -0.25) is 0 Å². The summed E-state index contributed by atoms with van der Waals surface area (Å²) in [6, 6.07) is 57.3. The normalized spacial score (nSPS) is 11.9. The van der Waals surface area contributed by atoms with Crippen molar-refractivity contribution in [1.29, 1.82) is 0 Å². The summed E-state index contributed by atoms with van der Waals surface area (Å²) in [5, 5.41) is 16.4. The fraction of sp³-hybridized carbons (Fsp3) is 0. The molecule has 0 fully saturated rings. The zero-order valence-electron chi connectivity index (χ0n) is 27.0. The van der Waals surface area contributed by atoms with Crippen LogP contribution in [0.5, 0.6) is 0 Å². The standard InChI is InChI=1S/C46H28N4/c1-4-14-29(15-5-1)32-20-10-11-22-37(32)43-44(31-18-8-3-9-19-31)48-50-49-46(43)42-33(30-16-6-2-7-17-30)24-25-34-35-26-27-38-36-21-12-13-23-41(36)47-45(38)40(35)28-39(34)42/h1-28H. The Kier molecular flexibility index (Phi) is 6.46. The highest BCUT2D eigenvalue weighted by molar-refractivity contribution is 6.04. The lowest BCUT2D eigenvalue weighted by Crippen LogP contribution is -2.25. The van der Waals surface area contributed by atoms with Crippen LogP contribution >= 0.6 is 0 Å². The van der Waals surface area contributed by atoms with Gasteiger partial charge in [-0.1, -0.05) is 158 Å². The molecule has 0 atom stereocenters. The minimum absolute atomic E-state index is 0.789. The van der Waals surface area contributed by atoms with Crippen molar-refractivity contribution in [2.75, 3.05) is 0 Å². The highest BCUT2D eigenvalue weighted by Gasteiger charge is 2.28. The molecule has 0 spiro atoms. The Hall–Kier alpha value is -6.78. The predicted molar refractivity (Wildman–Crippen MR) is 202 cm³/mol. The first-order chi connectivity index (χ1) is 24.8. The molecule has 10 rings (SSSR count). The van der Waals surface area contributed by atoms with E-state index in [-0.39, 0.29) is 0 Å². The smallest absolute Gasteiger partial charge is 0.106 e. The summed E-state index contributed by atoms with van der Waals surface area (Å²) in [7, 11) is 0. The molecule has 1 aromatic heterocycles. The van der Waals surface area contributed by atoms with Gasteiger partial charge < -0.3 is 0 Å². The Morgan fingerprint density at radius 2 is 0.880 bits per heavy atom. The van der Waals surface area contributed by atoms with Gasteiger partial charge in [-0.25, -0.2) is 4.99 Å². The number of aromatic nitrogens is 3. The molecule has 2 aliphatic rings. The summed E-state index contributed by atoms with van der Waals surface area (Å²) in [6.07, 6.45) is 2.32. The fourth-order valence-electron chi connectivity index (χ4n) is 7.63. The number of hydrogen-bond acceptors (Lipinski definition) is 4. The summed E-state index contributed by atoms with van der Waals surface area (Å²) in [6.45, 7) is 0. The van der Waals surface area contributed by atoms with Crippen LogP contribution in [0.25, 0.3) is 84.2 Å². The van der Waals surface area contributed by atoms with Gasteiger partial charge in [0.1, 0.15) is 11.4 Å². The quantitative estimate of drug-likeness (QED) is 0.189. The molecule has 4 heteroatoms. The topological polar surface area (TPSA) is 51.0 Å². The molecule has 50 heavy (non-hydrogen) atoms. The highest BCUT2D eigenvalue weighted by atomic mass is 15.3. The molecule has 4 nitrogen and oxygen atoms in total. The van der Waals surface area contributed by atoms with Crippen molar-refractivity contribution in [2.45, 2.75) is 0 Å². The predicted octanol–water partition coefficient (Wildman–Crippen LogP) is 9.95. The van der Waals surface area contributed by atoms with Crippen molar-refractivity contribution >= 4 is 11.8 Å². The van der Waals surface area contributed by atoms with Crippen molar-refractivity contribution in [3.63, 3.8) is 0 Å². The van der Waals surface area contributed by atoms with E-state index in [2.05, 4.69) is 157 Å². The molecule has 1 aliphatic heterocycles. The van der Waals surface area contributed by atoms with Gasteiger partial charge in [-0.05, 0) is 61.9 Å². The molecule has 0 saturated heterocycles. The molecule has 1 aliphatic carbocycles. The Balaban J connectivity index is 1.33. The molecule has 0 saturated carbocycles. The van der Waals surface area contributed by atoms with Crippen molar-refractivity contribution in [3.05, 3.63) is 180 Å². The van der Waals surface area contributed by atoms with Crippen LogP contribution in [-0.2, 0) is 0 Å². The maximum atomic E-state index is 5.15. The first kappa shape index (κ1) is 28.3. The Bertz CT molecular complexity index is 2740. The maximum Gasteiger partial charge on any atom is 0.106 e. The van der Waals surface area contributed by atoms with Gasteiger partial charge in [0.2, 0.25) is 0 Å². The van der Waals surface area contributed by atoms with Gasteiger partial charge in [0.25, 0.3) is 0 Å². The third kappa shape index (κ3) is 4.39. The summed E-state index contributed by atoms with van der Waals surface area (Å²) < 4.78 is 0. The molecular formula is C46H28N4.